The van der Waals surface area contributed by atoms with Gasteiger partial charge in [-0.3, -0.25) is 0 Å². The van der Waals surface area contributed by atoms with Gasteiger partial charge in [0.25, 0.3) is 0 Å². The van der Waals surface area contributed by atoms with Crippen LogP contribution in [0.25, 0.3) is 123 Å². The molecule has 13 aromatic rings. The van der Waals surface area contributed by atoms with Gasteiger partial charge < -0.3 is 4.57 Å². The summed E-state index contributed by atoms with van der Waals surface area (Å²) in [5.74, 6) is 0. The zero-order chi connectivity index (χ0) is 36.5. The maximum Gasteiger partial charge on any atom is 0.0726 e. The molecule has 0 N–H and O–H groups in total. The molecule has 0 bridgehead atoms. The summed E-state index contributed by atoms with van der Waals surface area (Å²) >= 11 is 1.93. The van der Waals surface area contributed by atoms with Gasteiger partial charge in [0.2, 0.25) is 0 Å². The van der Waals surface area contributed by atoms with E-state index in [0.29, 0.717) is 0 Å². The van der Waals surface area contributed by atoms with Crippen LogP contribution in [0.2, 0.25) is 0 Å². The SMILES string of the molecule is c1cc(-c2ccc3c4ccccc4c4ccccc4c3c2)cc(-n2c3ccccc3c3c4c5ccccc5c5ccccc5c4c4c5ccccc5sc4c32)c1. The largest absolute Gasteiger partial charge is 0.308 e. The predicted octanol–water partition coefficient (Wildman–Crippen LogP) is 15.7. The summed E-state index contributed by atoms with van der Waals surface area (Å²) in [6.07, 6.45) is 0. The van der Waals surface area contributed by atoms with Crippen LogP contribution in [0.1, 0.15) is 0 Å². The number of rotatable bonds is 2. The highest BCUT2D eigenvalue weighted by Gasteiger charge is 2.25. The second kappa shape index (κ2) is 11.3. The number of aromatic nitrogens is 1. The fourth-order valence-electron chi connectivity index (χ4n) is 10.0. The molecular weight excluding hydrogens is 695 g/mol. The van der Waals surface area contributed by atoms with Gasteiger partial charge in [-0.1, -0.05) is 158 Å². The molecule has 0 spiro atoms. The number of para-hydroxylation sites is 1. The molecular formula is C54H31NS. The number of benzene rings is 11. The normalized spacial score (nSPS) is 12.3. The molecule has 258 valence electrons. The quantitative estimate of drug-likeness (QED) is 0.156. The Morgan fingerprint density at radius 3 is 1.45 bits per heavy atom. The Morgan fingerprint density at radius 2 is 0.786 bits per heavy atom. The van der Waals surface area contributed by atoms with Crippen molar-refractivity contribution in [3.63, 3.8) is 0 Å². The summed E-state index contributed by atoms with van der Waals surface area (Å²) in [6, 6.07) is 70.0. The molecule has 2 heterocycles. The van der Waals surface area contributed by atoms with Gasteiger partial charge in [0.15, 0.2) is 0 Å². The highest BCUT2D eigenvalue weighted by molar-refractivity contribution is 7.27. The fourth-order valence-corrected chi connectivity index (χ4v) is 11.3. The molecule has 0 radical (unpaired) electrons. The molecule has 0 aliphatic carbocycles. The maximum atomic E-state index is 2.55. The first-order valence-corrected chi connectivity index (χ1v) is 20.2. The van der Waals surface area contributed by atoms with Crippen LogP contribution in [0.15, 0.2) is 188 Å². The number of thiophene rings is 1. The minimum atomic E-state index is 1.17. The van der Waals surface area contributed by atoms with E-state index in [2.05, 4.69) is 193 Å². The number of hydrogen-bond acceptors (Lipinski definition) is 1. The molecule has 0 aliphatic heterocycles. The fraction of sp³-hybridized carbons (Fsp3) is 0. The average Bonchev–Trinajstić information content (AvgIpc) is 3.83. The van der Waals surface area contributed by atoms with Crippen LogP contribution < -0.4 is 0 Å². The summed E-state index contributed by atoms with van der Waals surface area (Å²) in [5, 5.41) is 21.0. The van der Waals surface area contributed by atoms with Gasteiger partial charge in [0.1, 0.15) is 0 Å². The van der Waals surface area contributed by atoms with Crippen LogP contribution in [0.3, 0.4) is 0 Å². The van der Waals surface area contributed by atoms with Crippen LogP contribution in [0, 0.1) is 0 Å². The lowest BCUT2D eigenvalue weighted by Crippen LogP contribution is -1.95. The first-order chi connectivity index (χ1) is 27.8. The molecule has 0 aliphatic rings. The van der Waals surface area contributed by atoms with Crippen LogP contribution in [0.4, 0.5) is 0 Å². The smallest absolute Gasteiger partial charge is 0.0726 e. The summed E-state index contributed by atoms with van der Waals surface area (Å²) in [6.45, 7) is 0. The molecule has 0 amide bonds. The van der Waals surface area contributed by atoms with Gasteiger partial charge >= 0.3 is 0 Å². The lowest BCUT2D eigenvalue weighted by Gasteiger charge is -2.15. The molecule has 2 aromatic heterocycles. The van der Waals surface area contributed by atoms with Crippen molar-refractivity contribution in [2.75, 3.05) is 0 Å². The van der Waals surface area contributed by atoms with Gasteiger partial charge in [-0.25, -0.2) is 0 Å². The van der Waals surface area contributed by atoms with E-state index < -0.39 is 0 Å². The molecule has 0 atom stereocenters. The molecule has 11 aromatic carbocycles. The Morgan fingerprint density at radius 1 is 0.304 bits per heavy atom. The van der Waals surface area contributed by atoms with Crippen molar-refractivity contribution in [3.8, 4) is 16.8 Å². The minimum absolute atomic E-state index is 1.17. The first-order valence-electron chi connectivity index (χ1n) is 19.4. The average molecular weight is 726 g/mol. The van der Waals surface area contributed by atoms with Crippen molar-refractivity contribution in [1.82, 2.24) is 4.57 Å². The van der Waals surface area contributed by atoms with Gasteiger partial charge in [-0.15, -0.1) is 11.3 Å². The van der Waals surface area contributed by atoms with Crippen molar-refractivity contribution in [2.45, 2.75) is 0 Å². The second-order valence-electron chi connectivity index (χ2n) is 15.1. The molecule has 0 unspecified atom stereocenters. The second-order valence-corrected chi connectivity index (χ2v) is 16.2. The number of nitrogens with zero attached hydrogens (tertiary/aromatic N) is 1. The zero-order valence-corrected chi connectivity index (χ0v) is 31.1. The van der Waals surface area contributed by atoms with Crippen LogP contribution in [-0.4, -0.2) is 4.57 Å². The van der Waals surface area contributed by atoms with Crippen molar-refractivity contribution >= 4 is 118 Å². The number of fused-ring (bicyclic) bond motifs is 21. The Labute approximate surface area is 325 Å². The van der Waals surface area contributed by atoms with E-state index in [4.69, 9.17) is 0 Å². The highest BCUT2D eigenvalue weighted by atomic mass is 32.1. The van der Waals surface area contributed by atoms with E-state index in [-0.39, 0.29) is 0 Å². The Kier molecular flexibility index (Phi) is 6.11. The van der Waals surface area contributed by atoms with E-state index in [1.54, 1.807) is 0 Å². The van der Waals surface area contributed by atoms with Gasteiger partial charge in [-0.05, 0) is 95.3 Å². The third kappa shape index (κ3) is 3.98. The van der Waals surface area contributed by atoms with Crippen molar-refractivity contribution in [1.29, 1.82) is 0 Å². The predicted molar refractivity (Wildman–Crippen MR) is 244 cm³/mol. The molecule has 0 fully saturated rings. The van der Waals surface area contributed by atoms with E-state index in [1.165, 1.54) is 123 Å². The van der Waals surface area contributed by atoms with Crippen molar-refractivity contribution in [3.05, 3.63) is 188 Å². The van der Waals surface area contributed by atoms with Crippen LogP contribution >= 0.6 is 11.3 Å². The van der Waals surface area contributed by atoms with E-state index >= 15 is 0 Å². The highest BCUT2D eigenvalue weighted by Crippen LogP contribution is 2.52. The molecule has 1 nitrogen and oxygen atoms in total. The van der Waals surface area contributed by atoms with Crippen molar-refractivity contribution in [2.24, 2.45) is 0 Å². The van der Waals surface area contributed by atoms with E-state index in [9.17, 15) is 0 Å². The number of hydrogen-bond donors (Lipinski definition) is 0. The molecule has 2 heteroatoms. The third-order valence-corrected chi connectivity index (χ3v) is 13.5. The Bertz CT molecular complexity index is 3790. The molecule has 0 saturated carbocycles. The minimum Gasteiger partial charge on any atom is -0.308 e. The summed E-state index contributed by atoms with van der Waals surface area (Å²) in [4.78, 5) is 0. The topological polar surface area (TPSA) is 4.93 Å². The monoisotopic (exact) mass is 725 g/mol. The lowest BCUT2D eigenvalue weighted by atomic mass is 9.89. The Hall–Kier alpha value is -7.00. The van der Waals surface area contributed by atoms with Crippen LogP contribution in [0.5, 0.6) is 0 Å². The summed E-state index contributed by atoms with van der Waals surface area (Å²) in [7, 11) is 0. The van der Waals surface area contributed by atoms with Gasteiger partial charge in [0.05, 0.1) is 15.7 Å². The van der Waals surface area contributed by atoms with Gasteiger partial charge in [0, 0.05) is 42.7 Å². The molecule has 0 saturated heterocycles. The van der Waals surface area contributed by atoms with Crippen molar-refractivity contribution < 1.29 is 0 Å². The standard InChI is InChI=1S/C54H31NS/c1-2-18-37-35(16-1)36-17-3-4-21-40(36)46-31-33(28-29-41(37)46)32-14-13-15-34(30-32)55-47-26-11-9-24-44(47)51-49-42-22-7-5-19-38(42)39-20-6-8-23-43(39)50(49)52-45-25-10-12-27-48(45)56-54(52)53(51)55/h1-31H. The first kappa shape index (κ1) is 30.3. The molecule has 13 rings (SSSR count). The van der Waals surface area contributed by atoms with E-state index in [1.807, 2.05) is 11.3 Å². The zero-order valence-electron chi connectivity index (χ0n) is 30.3. The third-order valence-electron chi connectivity index (χ3n) is 12.3. The lowest BCUT2D eigenvalue weighted by molar-refractivity contribution is 1.19. The summed E-state index contributed by atoms with van der Waals surface area (Å²) < 4.78 is 5.20. The van der Waals surface area contributed by atoms with Crippen LogP contribution in [-0.2, 0) is 0 Å². The maximum absolute atomic E-state index is 2.55. The molecule has 56 heavy (non-hydrogen) atoms. The van der Waals surface area contributed by atoms with E-state index in [0.717, 1.165) is 0 Å². The Balaban J connectivity index is 1.17. The van der Waals surface area contributed by atoms with Gasteiger partial charge in [-0.2, -0.15) is 0 Å². The summed E-state index contributed by atoms with van der Waals surface area (Å²) in [5.41, 5.74) is 6.09.